The van der Waals surface area contributed by atoms with Crippen molar-refractivity contribution in [2.24, 2.45) is 0 Å². The van der Waals surface area contributed by atoms with Crippen molar-refractivity contribution in [1.29, 1.82) is 0 Å². The summed E-state index contributed by atoms with van der Waals surface area (Å²) >= 11 is 1.31. The van der Waals surface area contributed by atoms with Crippen molar-refractivity contribution < 1.29 is 4.42 Å². The highest BCUT2D eigenvalue weighted by molar-refractivity contribution is 7.98. The van der Waals surface area contributed by atoms with Gasteiger partial charge >= 0.3 is 0 Å². The van der Waals surface area contributed by atoms with Crippen molar-refractivity contribution in [2.45, 2.75) is 23.8 Å². The molecule has 0 aromatic carbocycles. The third-order valence-electron chi connectivity index (χ3n) is 1.84. The van der Waals surface area contributed by atoms with Crippen LogP contribution < -0.4 is 5.32 Å². The molecule has 0 aliphatic heterocycles. The zero-order chi connectivity index (χ0) is 11.4. The molecule has 0 saturated heterocycles. The van der Waals surface area contributed by atoms with Crippen LogP contribution in [0.3, 0.4) is 0 Å². The smallest absolute Gasteiger partial charge is 0.263 e. The minimum atomic E-state index is 0.568. The molecule has 84 valence electrons. The van der Waals surface area contributed by atoms with Crippen molar-refractivity contribution >= 4 is 11.8 Å². The summed E-state index contributed by atoms with van der Waals surface area (Å²) in [7, 11) is 1.89. The van der Waals surface area contributed by atoms with E-state index in [4.69, 9.17) is 4.42 Å². The number of hydrogen-bond acceptors (Lipinski definition) is 6. The van der Waals surface area contributed by atoms with Gasteiger partial charge in [-0.3, -0.25) is 0 Å². The van der Waals surface area contributed by atoms with E-state index in [0.717, 1.165) is 17.8 Å². The van der Waals surface area contributed by atoms with Crippen molar-refractivity contribution in [3.8, 4) is 0 Å². The predicted octanol–water partition coefficient (Wildman–Crippen LogP) is 1.64. The van der Waals surface area contributed by atoms with Gasteiger partial charge < -0.3 is 9.73 Å². The van der Waals surface area contributed by atoms with Crippen molar-refractivity contribution in [3.05, 3.63) is 29.9 Å². The fourth-order valence-electron chi connectivity index (χ4n) is 1.15. The molecule has 0 unspecified atom stereocenters. The molecule has 16 heavy (non-hydrogen) atoms. The standard InChI is InChI=1S/C10H12N4OS/c1-7-6-15-10(14-7)16-9-12-4-8(3-11-2)5-13-9/h4-6,11H,3H2,1-2H3. The third-order valence-corrected chi connectivity index (χ3v) is 2.59. The SMILES string of the molecule is CNCc1cnc(Sc2nc(C)co2)nc1. The van der Waals surface area contributed by atoms with Gasteiger partial charge in [0.15, 0.2) is 5.16 Å². The van der Waals surface area contributed by atoms with E-state index in [1.165, 1.54) is 11.8 Å². The lowest BCUT2D eigenvalue weighted by Gasteiger charge is -1.99. The molecule has 2 aromatic heterocycles. The van der Waals surface area contributed by atoms with Crippen LogP contribution >= 0.6 is 11.8 Å². The van der Waals surface area contributed by atoms with Crippen LogP contribution in [0.15, 0.2) is 33.5 Å². The topological polar surface area (TPSA) is 63.8 Å². The average Bonchev–Trinajstić information content (AvgIpc) is 2.67. The molecule has 0 fully saturated rings. The third kappa shape index (κ3) is 2.80. The van der Waals surface area contributed by atoms with Gasteiger partial charge in [-0.25, -0.2) is 15.0 Å². The molecule has 0 saturated carbocycles. The van der Waals surface area contributed by atoms with Crippen LogP contribution in [-0.2, 0) is 6.54 Å². The monoisotopic (exact) mass is 236 g/mol. The van der Waals surface area contributed by atoms with Gasteiger partial charge in [0.2, 0.25) is 0 Å². The van der Waals surface area contributed by atoms with Crippen LogP contribution in [-0.4, -0.2) is 22.0 Å². The molecule has 2 heterocycles. The molecule has 0 atom stereocenters. The molecule has 0 spiro atoms. The number of rotatable bonds is 4. The Morgan fingerprint density at radius 3 is 2.69 bits per heavy atom. The van der Waals surface area contributed by atoms with Crippen LogP contribution in [0.5, 0.6) is 0 Å². The van der Waals surface area contributed by atoms with Gasteiger partial charge in [-0.05, 0) is 14.0 Å². The van der Waals surface area contributed by atoms with Gasteiger partial charge in [0.25, 0.3) is 5.22 Å². The number of nitrogens with zero attached hydrogens (tertiary/aromatic N) is 3. The quantitative estimate of drug-likeness (QED) is 0.814. The van der Waals surface area contributed by atoms with Gasteiger partial charge in [-0.2, -0.15) is 0 Å². The van der Waals surface area contributed by atoms with E-state index >= 15 is 0 Å². The second kappa shape index (κ2) is 5.09. The normalized spacial score (nSPS) is 10.6. The molecule has 0 bridgehead atoms. The lowest BCUT2D eigenvalue weighted by atomic mass is 10.3. The molecular weight excluding hydrogens is 224 g/mol. The number of hydrogen-bond donors (Lipinski definition) is 1. The van der Waals surface area contributed by atoms with Crippen LogP contribution in [0.4, 0.5) is 0 Å². The van der Waals surface area contributed by atoms with E-state index in [2.05, 4.69) is 20.3 Å². The first-order valence-electron chi connectivity index (χ1n) is 4.83. The number of oxazole rings is 1. The maximum Gasteiger partial charge on any atom is 0.263 e. The van der Waals surface area contributed by atoms with Crippen LogP contribution in [0.2, 0.25) is 0 Å². The molecule has 6 heteroatoms. The van der Waals surface area contributed by atoms with Crippen LogP contribution in [0, 0.1) is 6.92 Å². The highest BCUT2D eigenvalue weighted by atomic mass is 32.2. The van der Waals surface area contributed by atoms with Crippen molar-refractivity contribution in [2.75, 3.05) is 7.05 Å². The number of nitrogens with one attached hydrogen (secondary N) is 1. The molecule has 0 radical (unpaired) electrons. The summed E-state index contributed by atoms with van der Waals surface area (Å²) in [6.45, 7) is 2.65. The summed E-state index contributed by atoms with van der Waals surface area (Å²) in [4.78, 5) is 12.6. The molecule has 2 rings (SSSR count). The lowest BCUT2D eigenvalue weighted by molar-refractivity contribution is 0.453. The fraction of sp³-hybridized carbons (Fsp3) is 0.300. The van der Waals surface area contributed by atoms with Gasteiger partial charge in [-0.15, -0.1) is 0 Å². The van der Waals surface area contributed by atoms with E-state index in [1.807, 2.05) is 14.0 Å². The zero-order valence-electron chi connectivity index (χ0n) is 9.10. The van der Waals surface area contributed by atoms with Crippen molar-refractivity contribution in [3.63, 3.8) is 0 Å². The van der Waals surface area contributed by atoms with Crippen LogP contribution in [0.1, 0.15) is 11.3 Å². The summed E-state index contributed by atoms with van der Waals surface area (Å²) in [5.41, 5.74) is 1.91. The Balaban J connectivity index is 2.05. The van der Waals surface area contributed by atoms with E-state index < -0.39 is 0 Å². The number of aromatic nitrogens is 3. The first-order valence-corrected chi connectivity index (χ1v) is 5.65. The molecule has 0 aliphatic carbocycles. The van der Waals surface area contributed by atoms with Crippen LogP contribution in [0.25, 0.3) is 0 Å². The lowest BCUT2D eigenvalue weighted by Crippen LogP contribution is -2.05. The summed E-state index contributed by atoms with van der Waals surface area (Å²) in [5.74, 6) is 0. The Morgan fingerprint density at radius 1 is 1.38 bits per heavy atom. The number of aryl methyl sites for hydroxylation is 1. The zero-order valence-corrected chi connectivity index (χ0v) is 9.91. The maximum absolute atomic E-state index is 5.21. The largest absolute Gasteiger partial charge is 0.439 e. The fourth-order valence-corrected chi connectivity index (χ4v) is 1.80. The highest BCUT2D eigenvalue weighted by Crippen LogP contribution is 2.22. The summed E-state index contributed by atoms with van der Waals surface area (Å²) < 4.78 is 5.21. The Labute approximate surface area is 97.7 Å². The summed E-state index contributed by atoms with van der Waals surface area (Å²) in [5, 5.41) is 4.25. The van der Waals surface area contributed by atoms with E-state index in [1.54, 1.807) is 18.7 Å². The van der Waals surface area contributed by atoms with E-state index in [-0.39, 0.29) is 0 Å². The molecule has 1 N–H and O–H groups in total. The van der Waals surface area contributed by atoms with Gasteiger partial charge in [0.1, 0.15) is 6.26 Å². The second-order valence-electron chi connectivity index (χ2n) is 3.26. The molecule has 5 nitrogen and oxygen atoms in total. The highest BCUT2D eigenvalue weighted by Gasteiger charge is 2.05. The van der Waals surface area contributed by atoms with E-state index in [9.17, 15) is 0 Å². The Kier molecular flexibility index (Phi) is 3.53. The van der Waals surface area contributed by atoms with E-state index in [0.29, 0.717) is 10.4 Å². The van der Waals surface area contributed by atoms with Gasteiger partial charge in [0.05, 0.1) is 5.69 Å². The molecule has 0 aliphatic rings. The Hall–Kier alpha value is -1.40. The summed E-state index contributed by atoms with van der Waals surface area (Å²) in [6.07, 6.45) is 5.20. The average molecular weight is 236 g/mol. The molecular formula is C10H12N4OS. The Bertz CT molecular complexity index is 454. The minimum absolute atomic E-state index is 0.568. The first kappa shape index (κ1) is 11.1. The first-order chi connectivity index (χ1) is 7.78. The second-order valence-corrected chi connectivity index (χ2v) is 4.18. The summed E-state index contributed by atoms with van der Waals surface area (Å²) in [6, 6.07) is 0. The van der Waals surface area contributed by atoms with Gasteiger partial charge in [-0.1, -0.05) is 0 Å². The predicted molar refractivity (Wildman–Crippen MR) is 60.2 cm³/mol. The molecule has 0 amide bonds. The maximum atomic E-state index is 5.21. The minimum Gasteiger partial charge on any atom is -0.439 e. The Morgan fingerprint density at radius 2 is 2.12 bits per heavy atom. The van der Waals surface area contributed by atoms with Crippen molar-refractivity contribution in [1.82, 2.24) is 20.3 Å². The molecule has 2 aromatic rings. The van der Waals surface area contributed by atoms with Gasteiger partial charge in [0, 0.05) is 36.3 Å².